The van der Waals surface area contributed by atoms with Crippen molar-refractivity contribution in [2.24, 2.45) is 0 Å². The summed E-state index contributed by atoms with van der Waals surface area (Å²) in [7, 11) is 0. The predicted molar refractivity (Wildman–Crippen MR) is 176 cm³/mol. The van der Waals surface area contributed by atoms with Crippen molar-refractivity contribution < 1.29 is 0 Å². The third-order valence-electron chi connectivity index (χ3n) is 9.17. The molecule has 0 unspecified atom stereocenters. The third kappa shape index (κ3) is 2.98. The Bertz CT molecular complexity index is 2040. The van der Waals surface area contributed by atoms with E-state index in [1.165, 1.54) is 71.1 Å². The van der Waals surface area contributed by atoms with Crippen LogP contribution in [-0.2, 0) is 5.41 Å². The molecule has 0 saturated carbocycles. The van der Waals surface area contributed by atoms with E-state index in [1.54, 1.807) is 0 Å². The van der Waals surface area contributed by atoms with Gasteiger partial charge in [0.2, 0.25) is 0 Å². The van der Waals surface area contributed by atoms with Gasteiger partial charge in [-0.3, -0.25) is 0 Å². The Labute approximate surface area is 244 Å². The van der Waals surface area contributed by atoms with Crippen molar-refractivity contribution in [2.45, 2.75) is 19.3 Å². The van der Waals surface area contributed by atoms with Crippen LogP contribution in [0, 0.1) is 0 Å². The lowest BCUT2D eigenvalue weighted by Gasteiger charge is -2.46. The summed E-state index contributed by atoms with van der Waals surface area (Å²) in [6, 6.07) is 46.7. The maximum atomic E-state index is 2.57. The van der Waals surface area contributed by atoms with Crippen LogP contribution in [0.1, 0.15) is 24.3 Å². The average Bonchev–Trinajstić information content (AvgIpc) is 3.51. The van der Waals surface area contributed by atoms with Gasteiger partial charge in [0.15, 0.2) is 0 Å². The molecule has 0 fully saturated rings. The van der Waals surface area contributed by atoms with Crippen LogP contribution in [0.25, 0.3) is 15.6 Å². The molecule has 0 radical (unpaired) electrons. The minimum Gasteiger partial charge on any atom is -0.314 e. The first-order chi connectivity index (χ1) is 20.1. The highest BCUT2D eigenvalue weighted by Crippen LogP contribution is 2.59. The minimum atomic E-state index is -0.167. The first kappa shape index (κ1) is 23.2. The molecule has 0 atom stereocenters. The molecule has 2 nitrogen and oxygen atoms in total. The molecule has 3 aliphatic rings. The topological polar surface area (TPSA) is 6.48 Å². The number of thiophene rings is 1. The van der Waals surface area contributed by atoms with E-state index in [-0.39, 0.29) is 12.1 Å². The Kier molecular flexibility index (Phi) is 4.67. The third-order valence-corrected chi connectivity index (χ3v) is 10.4. The van der Waals surface area contributed by atoms with Gasteiger partial charge in [-0.25, -0.2) is 0 Å². The second-order valence-corrected chi connectivity index (χ2v) is 12.8. The number of para-hydroxylation sites is 3. The van der Waals surface area contributed by atoms with Crippen molar-refractivity contribution in [2.75, 3.05) is 9.80 Å². The highest BCUT2D eigenvalue weighted by Gasteiger charge is 2.53. The number of anilines is 5. The molecular weight excluding hydrogens is 515 g/mol. The smallest absolute Gasteiger partial charge is 0.253 e. The van der Waals surface area contributed by atoms with Crippen molar-refractivity contribution in [3.63, 3.8) is 0 Å². The van der Waals surface area contributed by atoms with Crippen LogP contribution in [0.5, 0.6) is 0 Å². The van der Waals surface area contributed by atoms with E-state index in [0.29, 0.717) is 0 Å². The Morgan fingerprint density at radius 1 is 0.585 bits per heavy atom. The maximum Gasteiger partial charge on any atom is 0.253 e. The second kappa shape index (κ2) is 8.25. The van der Waals surface area contributed by atoms with Gasteiger partial charge in [-0.05, 0) is 75.9 Å². The Morgan fingerprint density at radius 3 is 1.93 bits per heavy atom. The summed E-state index contributed by atoms with van der Waals surface area (Å²) in [4.78, 5) is 6.48. The maximum absolute atomic E-state index is 2.57. The summed E-state index contributed by atoms with van der Waals surface area (Å²) in [6.07, 6.45) is 0. The number of benzene rings is 5. The molecule has 194 valence electrons. The molecule has 0 amide bonds. The zero-order chi connectivity index (χ0) is 27.3. The van der Waals surface area contributed by atoms with Crippen LogP contribution < -0.4 is 20.7 Å². The van der Waals surface area contributed by atoms with Gasteiger partial charge in [0.1, 0.15) is 0 Å². The molecule has 0 saturated heterocycles. The molecule has 5 aromatic carbocycles. The van der Waals surface area contributed by atoms with Crippen LogP contribution in [-0.4, -0.2) is 6.71 Å². The lowest BCUT2D eigenvalue weighted by atomic mass is 9.33. The Hall–Kier alpha value is -4.54. The van der Waals surface area contributed by atoms with Gasteiger partial charge >= 0.3 is 0 Å². The summed E-state index contributed by atoms with van der Waals surface area (Å²) < 4.78 is 1.37. The standard InChI is InChI=1S/C37H27BN2S/c1-37(2)32-26-18-9-12-23-31(26)41-35(32)34-36(37)40(25-16-7-4-8-17-25)30-22-13-21-29-33(30)38(34)27-19-10-11-20-28(27)39(29)24-14-5-3-6-15-24/h3-23H,1-2H3. The first-order valence-electron chi connectivity index (χ1n) is 14.3. The number of allylic oxidation sites excluding steroid dienone is 1. The fourth-order valence-electron chi connectivity index (χ4n) is 7.65. The summed E-state index contributed by atoms with van der Waals surface area (Å²) in [5.41, 5.74) is 13.1. The molecule has 0 bridgehead atoms. The van der Waals surface area contributed by atoms with Gasteiger partial charge in [-0.2, -0.15) is 0 Å². The molecule has 1 aliphatic carbocycles. The van der Waals surface area contributed by atoms with Gasteiger partial charge in [0.05, 0.1) is 0 Å². The van der Waals surface area contributed by atoms with Gasteiger partial charge < -0.3 is 9.80 Å². The fourth-order valence-corrected chi connectivity index (χ4v) is 9.09. The zero-order valence-electron chi connectivity index (χ0n) is 23.0. The molecule has 9 rings (SSSR count). The highest BCUT2D eigenvalue weighted by atomic mass is 32.1. The van der Waals surface area contributed by atoms with Crippen LogP contribution in [0.15, 0.2) is 133 Å². The molecule has 0 N–H and O–H groups in total. The Morgan fingerprint density at radius 2 is 1.17 bits per heavy atom. The van der Waals surface area contributed by atoms with Crippen molar-refractivity contribution >= 4 is 73.0 Å². The van der Waals surface area contributed by atoms with E-state index in [1.807, 2.05) is 11.3 Å². The molecule has 6 aromatic rings. The van der Waals surface area contributed by atoms with E-state index < -0.39 is 0 Å². The van der Waals surface area contributed by atoms with Crippen molar-refractivity contribution in [1.29, 1.82) is 0 Å². The summed E-state index contributed by atoms with van der Waals surface area (Å²) >= 11 is 1.97. The molecule has 41 heavy (non-hydrogen) atoms. The molecule has 2 aliphatic heterocycles. The van der Waals surface area contributed by atoms with Crippen molar-refractivity contribution in [1.82, 2.24) is 0 Å². The van der Waals surface area contributed by atoms with E-state index in [4.69, 9.17) is 0 Å². The van der Waals surface area contributed by atoms with E-state index >= 15 is 0 Å². The van der Waals surface area contributed by atoms with Gasteiger partial charge in [-0.1, -0.05) is 92.7 Å². The highest BCUT2D eigenvalue weighted by molar-refractivity contribution is 7.23. The Balaban J connectivity index is 1.43. The van der Waals surface area contributed by atoms with Crippen LogP contribution in [0.2, 0.25) is 0 Å². The molecule has 4 heteroatoms. The number of hydrogen-bond acceptors (Lipinski definition) is 3. The number of nitrogens with zero attached hydrogens (tertiary/aromatic N) is 2. The number of rotatable bonds is 2. The quantitative estimate of drug-likeness (QED) is 0.202. The van der Waals surface area contributed by atoms with Gasteiger partial charge in [0.25, 0.3) is 6.71 Å². The van der Waals surface area contributed by atoms with E-state index in [2.05, 4.69) is 151 Å². The summed E-state index contributed by atoms with van der Waals surface area (Å²) in [5, 5.41) is 1.39. The van der Waals surface area contributed by atoms with E-state index in [0.717, 1.165) is 0 Å². The van der Waals surface area contributed by atoms with Gasteiger partial charge in [0, 0.05) is 49.1 Å². The molecule has 1 aromatic heterocycles. The summed E-state index contributed by atoms with van der Waals surface area (Å²) in [6.45, 7) is 5.02. The minimum absolute atomic E-state index is 0.154. The number of hydrogen-bond donors (Lipinski definition) is 0. The van der Waals surface area contributed by atoms with Crippen LogP contribution >= 0.6 is 11.3 Å². The summed E-state index contributed by atoms with van der Waals surface area (Å²) in [5.74, 6) is 0. The fraction of sp³-hybridized carbons (Fsp3) is 0.0811. The number of fused-ring (bicyclic) bond motifs is 7. The average molecular weight is 543 g/mol. The second-order valence-electron chi connectivity index (χ2n) is 11.7. The molecular formula is C37H27BN2S. The monoisotopic (exact) mass is 542 g/mol. The lowest BCUT2D eigenvalue weighted by molar-refractivity contribution is 0.632. The largest absolute Gasteiger partial charge is 0.314 e. The lowest BCUT2D eigenvalue weighted by Crippen LogP contribution is -2.55. The first-order valence-corrected chi connectivity index (χ1v) is 15.2. The van der Waals surface area contributed by atoms with Crippen LogP contribution in [0.3, 0.4) is 0 Å². The van der Waals surface area contributed by atoms with E-state index in [9.17, 15) is 0 Å². The van der Waals surface area contributed by atoms with Crippen molar-refractivity contribution in [3.8, 4) is 0 Å². The van der Waals surface area contributed by atoms with Crippen molar-refractivity contribution in [3.05, 3.63) is 144 Å². The zero-order valence-corrected chi connectivity index (χ0v) is 23.8. The predicted octanol–water partition coefficient (Wildman–Crippen LogP) is 8.69. The molecule has 0 spiro atoms. The normalized spacial score (nSPS) is 16.0. The molecule has 3 heterocycles. The SMILES string of the molecule is CC1(C)C2=C(B3c4ccccc4N(c4ccccc4)c4cccc(c43)N2c2ccccc2)c2sc3ccccc3c21. The van der Waals surface area contributed by atoms with Gasteiger partial charge in [-0.15, -0.1) is 11.3 Å². The van der Waals surface area contributed by atoms with Crippen LogP contribution in [0.4, 0.5) is 28.4 Å².